The minimum absolute atomic E-state index is 0.109. The molecule has 0 radical (unpaired) electrons. The number of rotatable bonds is 7. The third kappa shape index (κ3) is 6.93. The lowest BCUT2D eigenvalue weighted by Crippen LogP contribution is -2.39. The van der Waals surface area contributed by atoms with Gasteiger partial charge in [-0.05, 0) is 93.3 Å². The van der Waals surface area contributed by atoms with Crippen molar-refractivity contribution in [2.45, 2.75) is 56.1 Å². The average molecular weight is 493 g/mol. The highest BCUT2D eigenvalue weighted by Crippen LogP contribution is 2.26. The number of nitriles is 1. The number of amides is 1. The molecule has 2 aliphatic rings. The van der Waals surface area contributed by atoms with Crippen molar-refractivity contribution >= 4 is 29.0 Å². The number of carbonyl (C=O) groups is 1. The fourth-order valence-corrected chi connectivity index (χ4v) is 5.40. The molecule has 0 aromatic heterocycles. The van der Waals surface area contributed by atoms with Crippen LogP contribution in [0.25, 0.3) is 0 Å². The average Bonchev–Trinajstić information content (AvgIpc) is 3.15. The molecule has 6 nitrogen and oxygen atoms in total. The fourth-order valence-electron chi connectivity index (χ4n) is 4.99. The van der Waals surface area contributed by atoms with Gasteiger partial charge in [-0.25, -0.2) is 0 Å². The molecule has 2 fully saturated rings. The summed E-state index contributed by atoms with van der Waals surface area (Å²) in [6.45, 7) is 5.51. The van der Waals surface area contributed by atoms with Crippen molar-refractivity contribution in [3.8, 4) is 6.07 Å². The summed E-state index contributed by atoms with van der Waals surface area (Å²) in [6.07, 6.45) is 7.17. The Bertz CT molecular complexity index is 1030. The lowest BCUT2D eigenvalue weighted by molar-refractivity contribution is -0.138. The van der Waals surface area contributed by atoms with Gasteiger partial charge in [0.1, 0.15) is 6.61 Å². The summed E-state index contributed by atoms with van der Waals surface area (Å²) >= 11 is 1.75. The molecule has 2 aromatic carbocycles. The van der Waals surface area contributed by atoms with E-state index in [0.29, 0.717) is 6.04 Å². The third-order valence-corrected chi connectivity index (χ3v) is 7.86. The number of nitrogens with one attached hydrogen (secondary N) is 1. The first-order valence-electron chi connectivity index (χ1n) is 12.6. The Labute approximate surface area is 213 Å². The van der Waals surface area contributed by atoms with Crippen molar-refractivity contribution in [1.82, 2.24) is 4.90 Å². The monoisotopic (exact) mass is 492 g/mol. The Hall–Kier alpha value is -2.69. The minimum Gasteiger partial charge on any atom is -0.382 e. The topological polar surface area (TPSA) is 68.6 Å². The van der Waals surface area contributed by atoms with Gasteiger partial charge in [-0.2, -0.15) is 5.26 Å². The van der Waals surface area contributed by atoms with Gasteiger partial charge in [-0.3, -0.25) is 4.79 Å². The fraction of sp³-hybridized carbons (Fsp3) is 0.500. The van der Waals surface area contributed by atoms with E-state index in [4.69, 9.17) is 10.00 Å². The normalized spacial score (nSPS) is 20.7. The van der Waals surface area contributed by atoms with Crippen LogP contribution in [0.1, 0.15) is 43.2 Å². The molecule has 7 heteroatoms. The van der Waals surface area contributed by atoms with Crippen LogP contribution >= 0.6 is 11.8 Å². The molecular weight excluding hydrogens is 456 g/mol. The number of hydrogen-bond acceptors (Lipinski definition) is 6. The van der Waals surface area contributed by atoms with Crippen molar-refractivity contribution in [3.63, 3.8) is 0 Å². The van der Waals surface area contributed by atoms with Gasteiger partial charge in [0.2, 0.25) is 5.91 Å². The molecule has 1 aliphatic carbocycles. The summed E-state index contributed by atoms with van der Waals surface area (Å²) in [6, 6.07) is 17.2. The van der Waals surface area contributed by atoms with Crippen molar-refractivity contribution in [3.05, 3.63) is 53.6 Å². The first-order valence-corrected chi connectivity index (χ1v) is 13.8. The second-order valence-corrected chi connectivity index (χ2v) is 10.4. The van der Waals surface area contributed by atoms with Crippen LogP contribution in [-0.4, -0.2) is 62.0 Å². The van der Waals surface area contributed by atoms with Gasteiger partial charge in [0.05, 0.1) is 17.7 Å². The van der Waals surface area contributed by atoms with Gasteiger partial charge in [0, 0.05) is 48.5 Å². The largest absolute Gasteiger partial charge is 0.382 e. The van der Waals surface area contributed by atoms with Crippen LogP contribution in [0.5, 0.6) is 0 Å². The number of aryl methyl sites for hydroxylation is 1. The third-order valence-electron chi connectivity index (χ3n) is 7.12. The van der Waals surface area contributed by atoms with E-state index >= 15 is 0 Å². The number of thioether (sulfide) groups is 1. The van der Waals surface area contributed by atoms with E-state index in [9.17, 15) is 4.79 Å². The smallest absolute Gasteiger partial charge is 0.248 e. The van der Waals surface area contributed by atoms with Crippen LogP contribution in [0.15, 0.2) is 47.4 Å². The minimum atomic E-state index is 0.109. The Kier molecular flexibility index (Phi) is 8.95. The van der Waals surface area contributed by atoms with Crippen LogP contribution in [0.3, 0.4) is 0 Å². The van der Waals surface area contributed by atoms with Crippen molar-refractivity contribution in [2.75, 3.05) is 49.3 Å². The van der Waals surface area contributed by atoms with Gasteiger partial charge in [0.15, 0.2) is 0 Å². The lowest BCUT2D eigenvalue weighted by Gasteiger charge is -2.30. The Morgan fingerprint density at radius 1 is 1.09 bits per heavy atom. The van der Waals surface area contributed by atoms with E-state index in [1.807, 2.05) is 30.0 Å². The Balaban J connectivity index is 1.18. The van der Waals surface area contributed by atoms with Crippen LogP contribution in [0.2, 0.25) is 0 Å². The molecule has 0 bridgehead atoms. The predicted octanol–water partition coefficient (Wildman–Crippen LogP) is 5.07. The highest BCUT2D eigenvalue weighted by atomic mass is 32.2. The maximum Gasteiger partial charge on any atom is 0.248 e. The van der Waals surface area contributed by atoms with Gasteiger partial charge in [0.25, 0.3) is 0 Å². The van der Waals surface area contributed by atoms with Crippen LogP contribution in [-0.2, 0) is 9.53 Å². The number of benzene rings is 2. The summed E-state index contributed by atoms with van der Waals surface area (Å²) < 4.78 is 6.05. The molecule has 2 aromatic rings. The molecule has 4 rings (SSSR count). The van der Waals surface area contributed by atoms with E-state index in [0.717, 1.165) is 75.1 Å². The summed E-state index contributed by atoms with van der Waals surface area (Å²) in [7, 11) is 0. The second-order valence-electron chi connectivity index (χ2n) is 9.49. The molecule has 1 saturated carbocycles. The predicted molar refractivity (Wildman–Crippen MR) is 143 cm³/mol. The molecule has 1 amide bonds. The van der Waals surface area contributed by atoms with Gasteiger partial charge in [-0.15, -0.1) is 11.8 Å². The Morgan fingerprint density at radius 3 is 2.54 bits per heavy atom. The number of ether oxygens (including phenoxy) is 1. The summed E-state index contributed by atoms with van der Waals surface area (Å²) in [5.74, 6) is 0.109. The molecule has 1 heterocycles. The van der Waals surface area contributed by atoms with E-state index in [1.54, 1.807) is 11.8 Å². The van der Waals surface area contributed by atoms with Crippen molar-refractivity contribution in [2.24, 2.45) is 0 Å². The summed E-state index contributed by atoms with van der Waals surface area (Å²) in [5.41, 5.74) is 4.02. The van der Waals surface area contributed by atoms with Crippen LogP contribution in [0.4, 0.5) is 11.4 Å². The van der Waals surface area contributed by atoms with Crippen molar-refractivity contribution < 1.29 is 9.53 Å². The number of carbonyl (C=O) groups excluding carboxylic acids is 1. The molecule has 0 unspecified atom stereocenters. The number of anilines is 2. The zero-order valence-electron chi connectivity index (χ0n) is 20.8. The zero-order chi connectivity index (χ0) is 24.6. The first kappa shape index (κ1) is 25.4. The molecular formula is C28H36N4O2S. The SMILES string of the molecule is CSc1ccc(N2CCCN(C(=O)COC3CCC(Nc4ccc(C#N)c(C)c4)CC3)CC2)cc1. The molecule has 1 aliphatic heterocycles. The molecule has 0 atom stereocenters. The number of nitrogens with zero attached hydrogens (tertiary/aromatic N) is 3. The van der Waals surface area contributed by atoms with E-state index < -0.39 is 0 Å². The van der Waals surface area contributed by atoms with Gasteiger partial charge < -0.3 is 19.9 Å². The molecule has 0 spiro atoms. The maximum atomic E-state index is 12.9. The van der Waals surface area contributed by atoms with E-state index in [-0.39, 0.29) is 18.6 Å². The highest BCUT2D eigenvalue weighted by Gasteiger charge is 2.24. The zero-order valence-corrected chi connectivity index (χ0v) is 21.7. The van der Waals surface area contributed by atoms with E-state index in [2.05, 4.69) is 46.8 Å². The standard InChI is InChI=1S/C28H36N4O2S/c1-21-18-24(5-4-22(21)19-29)30-23-6-10-26(11-7-23)34-20-28(33)32-15-3-14-31(16-17-32)25-8-12-27(35-2)13-9-25/h4-5,8-9,12-13,18,23,26,30H,3,6-7,10-11,14-17,20H2,1-2H3. The molecule has 35 heavy (non-hydrogen) atoms. The molecule has 1 N–H and O–H groups in total. The second kappa shape index (κ2) is 12.3. The van der Waals surface area contributed by atoms with E-state index in [1.165, 1.54) is 10.6 Å². The molecule has 186 valence electrons. The van der Waals surface area contributed by atoms with Gasteiger partial charge >= 0.3 is 0 Å². The first-order chi connectivity index (χ1) is 17.1. The molecule has 1 saturated heterocycles. The van der Waals surface area contributed by atoms with Crippen LogP contribution in [0, 0.1) is 18.3 Å². The lowest BCUT2D eigenvalue weighted by atomic mass is 9.92. The summed E-state index contributed by atoms with van der Waals surface area (Å²) in [4.78, 5) is 18.5. The number of hydrogen-bond donors (Lipinski definition) is 1. The quantitative estimate of drug-likeness (QED) is 0.545. The maximum absolute atomic E-state index is 12.9. The highest BCUT2D eigenvalue weighted by molar-refractivity contribution is 7.98. The van der Waals surface area contributed by atoms with Gasteiger partial charge in [-0.1, -0.05) is 0 Å². The van der Waals surface area contributed by atoms with Crippen LogP contribution < -0.4 is 10.2 Å². The van der Waals surface area contributed by atoms with Crippen molar-refractivity contribution in [1.29, 1.82) is 5.26 Å². The Morgan fingerprint density at radius 2 is 1.86 bits per heavy atom. The summed E-state index contributed by atoms with van der Waals surface area (Å²) in [5, 5.41) is 12.7.